The van der Waals surface area contributed by atoms with Crippen molar-refractivity contribution in [3.05, 3.63) is 0 Å². The second-order valence-corrected chi connectivity index (χ2v) is 5.44. The highest BCUT2D eigenvalue weighted by molar-refractivity contribution is 8.14. The monoisotopic (exact) mass is 168 g/mol. The maximum Gasteiger partial charge on any atom is 0.192 e. The summed E-state index contributed by atoms with van der Waals surface area (Å²) in [5.74, 6) is 2.99. The zero-order valence-electron chi connectivity index (χ0n) is 6.62. The van der Waals surface area contributed by atoms with Gasteiger partial charge in [-0.2, -0.15) is 0 Å². The van der Waals surface area contributed by atoms with Gasteiger partial charge in [-0.05, 0) is 30.6 Å². The summed E-state index contributed by atoms with van der Waals surface area (Å²) < 4.78 is 0. The first-order chi connectivity index (χ1) is 5.27. The van der Waals surface area contributed by atoms with Gasteiger partial charge in [0, 0.05) is 11.2 Å². The zero-order chi connectivity index (χ0) is 7.59. The molecule has 0 radical (unpaired) electrons. The third-order valence-electron chi connectivity index (χ3n) is 3.89. The van der Waals surface area contributed by atoms with Crippen molar-refractivity contribution in [2.75, 3.05) is 0 Å². The van der Waals surface area contributed by atoms with Crippen molar-refractivity contribution in [3.8, 4) is 0 Å². The van der Waals surface area contributed by atoms with Gasteiger partial charge in [-0.25, -0.2) is 0 Å². The van der Waals surface area contributed by atoms with Crippen LogP contribution in [0.2, 0.25) is 0 Å². The van der Waals surface area contributed by atoms with Gasteiger partial charge in [-0.1, -0.05) is 18.7 Å². The van der Waals surface area contributed by atoms with Crippen LogP contribution in [0.5, 0.6) is 0 Å². The molecule has 0 spiro atoms. The summed E-state index contributed by atoms with van der Waals surface area (Å²) in [7, 11) is 0. The molecule has 2 heteroatoms. The van der Waals surface area contributed by atoms with Gasteiger partial charge >= 0.3 is 0 Å². The summed E-state index contributed by atoms with van der Waals surface area (Å²) in [6.45, 7) is 2.33. The molecule has 5 unspecified atom stereocenters. The fraction of sp³-hybridized carbons (Fsp3) is 0.889. The van der Waals surface area contributed by atoms with Gasteiger partial charge in [0.2, 0.25) is 0 Å². The maximum absolute atomic E-state index is 11.4. The Morgan fingerprint density at radius 3 is 2.91 bits per heavy atom. The van der Waals surface area contributed by atoms with Crippen molar-refractivity contribution in [1.82, 2.24) is 0 Å². The van der Waals surface area contributed by atoms with Crippen LogP contribution >= 0.6 is 11.8 Å². The van der Waals surface area contributed by atoms with E-state index >= 15 is 0 Å². The molecule has 2 aliphatic carbocycles. The molecule has 0 aromatic rings. The first-order valence-corrected chi connectivity index (χ1v) is 5.36. The first-order valence-electron chi connectivity index (χ1n) is 4.48. The summed E-state index contributed by atoms with van der Waals surface area (Å²) in [4.78, 5) is 11.4. The van der Waals surface area contributed by atoms with Crippen LogP contribution in [0.4, 0.5) is 0 Å². The van der Waals surface area contributed by atoms with E-state index in [-0.39, 0.29) is 0 Å². The fourth-order valence-electron chi connectivity index (χ4n) is 3.25. The Hall–Kier alpha value is 0.0200. The molecule has 1 saturated heterocycles. The Morgan fingerprint density at radius 2 is 2.27 bits per heavy atom. The molecule has 5 atom stereocenters. The van der Waals surface area contributed by atoms with Gasteiger partial charge in [0.25, 0.3) is 0 Å². The van der Waals surface area contributed by atoms with Gasteiger partial charge in [0.05, 0.1) is 0 Å². The van der Waals surface area contributed by atoms with Crippen LogP contribution in [0.1, 0.15) is 19.8 Å². The van der Waals surface area contributed by atoms with E-state index in [2.05, 4.69) is 6.92 Å². The number of carbonyl (C=O) groups excluding carboxylic acids is 1. The van der Waals surface area contributed by atoms with Gasteiger partial charge in [-0.15, -0.1) is 0 Å². The van der Waals surface area contributed by atoms with Crippen molar-refractivity contribution in [3.63, 3.8) is 0 Å². The summed E-state index contributed by atoms with van der Waals surface area (Å²) in [5, 5.41) is 1.22. The van der Waals surface area contributed by atoms with Gasteiger partial charge in [0.15, 0.2) is 5.12 Å². The maximum atomic E-state index is 11.4. The van der Waals surface area contributed by atoms with Crippen LogP contribution in [-0.4, -0.2) is 10.4 Å². The van der Waals surface area contributed by atoms with Crippen molar-refractivity contribution >= 4 is 16.9 Å². The molecule has 0 aromatic heterocycles. The predicted octanol–water partition coefficient (Wildman–Crippen LogP) is 1.92. The van der Waals surface area contributed by atoms with Crippen LogP contribution in [0.15, 0.2) is 0 Å². The normalized spacial score (nSPS) is 59.4. The third-order valence-corrected chi connectivity index (χ3v) is 5.47. The van der Waals surface area contributed by atoms with Crippen LogP contribution in [0.25, 0.3) is 0 Å². The van der Waals surface area contributed by atoms with E-state index < -0.39 is 0 Å². The second kappa shape index (κ2) is 1.85. The van der Waals surface area contributed by atoms with E-state index in [1.165, 1.54) is 12.8 Å². The lowest BCUT2D eigenvalue weighted by atomic mass is 9.84. The summed E-state index contributed by atoms with van der Waals surface area (Å²) in [5.41, 5.74) is 0. The molecule has 3 aliphatic rings. The van der Waals surface area contributed by atoms with Crippen LogP contribution < -0.4 is 0 Å². The topological polar surface area (TPSA) is 17.1 Å². The van der Waals surface area contributed by atoms with Crippen LogP contribution in [0.3, 0.4) is 0 Å². The molecule has 3 rings (SSSR count). The molecule has 3 fully saturated rings. The summed E-state index contributed by atoms with van der Waals surface area (Å²) in [6, 6.07) is 0. The minimum absolute atomic E-state index is 0.478. The Bertz CT molecular complexity index is 226. The molecular weight excluding hydrogens is 156 g/mol. The van der Waals surface area contributed by atoms with E-state index in [0.717, 1.165) is 17.8 Å². The Labute approximate surface area is 70.9 Å². The standard InChI is InChI=1S/C9H12OS/c1-4-5-2-6-7(3-5)9(10)11-8(4)6/h4-8H,2-3H2,1H3. The molecule has 0 aromatic carbocycles. The molecule has 0 amide bonds. The van der Waals surface area contributed by atoms with Crippen molar-refractivity contribution in [2.24, 2.45) is 23.7 Å². The number of hydrogen-bond donors (Lipinski definition) is 0. The van der Waals surface area contributed by atoms with Gasteiger partial charge < -0.3 is 0 Å². The second-order valence-electron chi connectivity index (χ2n) is 4.26. The lowest BCUT2D eigenvalue weighted by Gasteiger charge is -2.21. The number of rotatable bonds is 0. The molecule has 1 aliphatic heterocycles. The quantitative estimate of drug-likeness (QED) is 0.549. The van der Waals surface area contributed by atoms with E-state index in [9.17, 15) is 4.79 Å². The minimum atomic E-state index is 0.478. The molecule has 2 bridgehead atoms. The number of carbonyl (C=O) groups is 1. The molecule has 1 nitrogen and oxygen atoms in total. The van der Waals surface area contributed by atoms with E-state index in [1.54, 1.807) is 11.8 Å². The summed E-state index contributed by atoms with van der Waals surface area (Å²) in [6.07, 6.45) is 2.57. The summed E-state index contributed by atoms with van der Waals surface area (Å²) >= 11 is 1.66. The largest absolute Gasteiger partial charge is 0.287 e. The van der Waals surface area contributed by atoms with E-state index in [0.29, 0.717) is 16.3 Å². The third kappa shape index (κ3) is 0.629. The SMILES string of the molecule is CC1C2CC3C(=O)SC1C3C2. The van der Waals surface area contributed by atoms with Crippen molar-refractivity contribution in [2.45, 2.75) is 25.0 Å². The fourth-order valence-corrected chi connectivity index (χ4v) is 4.88. The molecule has 60 valence electrons. The Balaban J connectivity index is 2.04. The Kier molecular flexibility index (Phi) is 1.09. The molecule has 11 heavy (non-hydrogen) atoms. The molecule has 1 heterocycles. The zero-order valence-corrected chi connectivity index (χ0v) is 7.43. The molecule has 0 N–H and O–H groups in total. The first kappa shape index (κ1) is 6.53. The predicted molar refractivity (Wildman–Crippen MR) is 45.3 cm³/mol. The van der Waals surface area contributed by atoms with Gasteiger partial charge in [-0.3, -0.25) is 4.79 Å². The number of hydrogen-bond acceptors (Lipinski definition) is 2. The van der Waals surface area contributed by atoms with Crippen LogP contribution in [-0.2, 0) is 4.79 Å². The smallest absolute Gasteiger partial charge is 0.192 e. The molecular formula is C9H12OS. The highest BCUT2D eigenvalue weighted by Gasteiger charge is 2.58. The van der Waals surface area contributed by atoms with Crippen LogP contribution in [0, 0.1) is 23.7 Å². The minimum Gasteiger partial charge on any atom is -0.287 e. The lowest BCUT2D eigenvalue weighted by Crippen LogP contribution is -2.22. The average Bonchev–Trinajstić information content (AvgIpc) is 2.53. The highest BCUT2D eigenvalue weighted by atomic mass is 32.2. The highest BCUT2D eigenvalue weighted by Crippen LogP contribution is 2.61. The number of thioether (sulfide) groups is 1. The van der Waals surface area contributed by atoms with Crippen molar-refractivity contribution in [1.29, 1.82) is 0 Å². The lowest BCUT2D eigenvalue weighted by molar-refractivity contribution is -0.114. The Morgan fingerprint density at radius 1 is 1.45 bits per heavy atom. The van der Waals surface area contributed by atoms with Crippen molar-refractivity contribution < 1.29 is 4.79 Å². The molecule has 2 saturated carbocycles. The van der Waals surface area contributed by atoms with E-state index in [4.69, 9.17) is 0 Å². The van der Waals surface area contributed by atoms with E-state index in [1.807, 2.05) is 0 Å². The number of fused-ring (bicyclic) bond motifs is 1. The average molecular weight is 168 g/mol. The van der Waals surface area contributed by atoms with Gasteiger partial charge in [0.1, 0.15) is 0 Å².